The van der Waals surface area contributed by atoms with Crippen molar-refractivity contribution in [2.45, 2.75) is 11.8 Å². The predicted molar refractivity (Wildman–Crippen MR) is 98.9 cm³/mol. The molecular weight excluding hydrogens is 391 g/mol. The fraction of sp³-hybridized carbons (Fsp3) is 0.0588. The number of nitrogens with zero attached hydrogens (tertiary/aromatic N) is 3. The number of halogens is 1. The zero-order chi connectivity index (χ0) is 19.0. The van der Waals surface area contributed by atoms with E-state index >= 15 is 0 Å². The molecule has 0 aliphatic heterocycles. The highest BCUT2D eigenvalue weighted by Crippen LogP contribution is 2.27. The summed E-state index contributed by atoms with van der Waals surface area (Å²) in [4.78, 5) is 4.40. The van der Waals surface area contributed by atoms with E-state index in [1.165, 1.54) is 28.2 Å². The lowest BCUT2D eigenvalue weighted by molar-refractivity contribution is 0.580. The summed E-state index contributed by atoms with van der Waals surface area (Å²) in [5.41, 5.74) is 1.24. The van der Waals surface area contributed by atoms with Gasteiger partial charge in [0, 0.05) is 11.4 Å². The van der Waals surface area contributed by atoms with Crippen molar-refractivity contribution >= 4 is 27.2 Å². The van der Waals surface area contributed by atoms with E-state index in [0.29, 0.717) is 22.3 Å². The topological polar surface area (TPSA) is 90.0 Å². The number of furan rings is 1. The highest BCUT2D eigenvalue weighted by Gasteiger charge is 2.20. The molecule has 0 spiro atoms. The molecule has 3 heterocycles. The van der Waals surface area contributed by atoms with Crippen molar-refractivity contribution in [1.82, 2.24) is 14.8 Å². The molecule has 0 fully saturated rings. The largest absolute Gasteiger partial charge is 0.463 e. The van der Waals surface area contributed by atoms with Crippen LogP contribution in [0.5, 0.6) is 0 Å². The van der Waals surface area contributed by atoms with E-state index in [1.807, 2.05) is 0 Å². The lowest BCUT2D eigenvalue weighted by atomic mass is 10.4. The SMILES string of the molecule is Cc1cc(NS(=O)(=O)c2ccc(F)cc2)n(-c2nc(-c3ccco3)cs2)n1. The number of thiazole rings is 1. The Morgan fingerprint density at radius 2 is 2.00 bits per heavy atom. The van der Waals surface area contributed by atoms with Gasteiger partial charge in [0.25, 0.3) is 10.0 Å². The molecular formula is C17H13FN4O3S2. The summed E-state index contributed by atoms with van der Waals surface area (Å²) in [6, 6.07) is 9.71. The van der Waals surface area contributed by atoms with Crippen LogP contribution < -0.4 is 4.72 Å². The maximum Gasteiger partial charge on any atom is 0.263 e. The number of hydrogen-bond acceptors (Lipinski definition) is 6. The molecule has 3 aromatic heterocycles. The van der Waals surface area contributed by atoms with Crippen molar-refractivity contribution in [1.29, 1.82) is 0 Å². The number of anilines is 1. The van der Waals surface area contributed by atoms with Crippen molar-refractivity contribution in [2.24, 2.45) is 0 Å². The maximum absolute atomic E-state index is 13.1. The van der Waals surface area contributed by atoms with Gasteiger partial charge in [0.05, 0.1) is 16.9 Å². The molecule has 0 radical (unpaired) electrons. The molecule has 7 nitrogen and oxygen atoms in total. The molecule has 0 atom stereocenters. The number of aryl methyl sites for hydroxylation is 1. The monoisotopic (exact) mass is 404 g/mol. The zero-order valence-corrected chi connectivity index (χ0v) is 15.6. The van der Waals surface area contributed by atoms with Crippen LogP contribution in [0.1, 0.15) is 5.69 Å². The van der Waals surface area contributed by atoms with E-state index in [1.54, 1.807) is 36.8 Å². The standard InChI is InChI=1S/C17H13FN4O3S2/c1-11-9-16(21-27(23,24)13-6-4-12(18)5-7-13)22(20-11)17-19-14(10-26-17)15-3-2-8-25-15/h2-10,21H,1H3. The lowest BCUT2D eigenvalue weighted by Gasteiger charge is -2.08. The Hall–Kier alpha value is -2.98. The summed E-state index contributed by atoms with van der Waals surface area (Å²) in [6.07, 6.45) is 1.55. The van der Waals surface area contributed by atoms with E-state index in [9.17, 15) is 12.8 Å². The Bertz CT molecular complexity index is 1180. The van der Waals surface area contributed by atoms with Crippen molar-refractivity contribution in [3.63, 3.8) is 0 Å². The summed E-state index contributed by atoms with van der Waals surface area (Å²) >= 11 is 1.30. The summed E-state index contributed by atoms with van der Waals surface area (Å²) in [6.45, 7) is 1.74. The van der Waals surface area contributed by atoms with Gasteiger partial charge >= 0.3 is 0 Å². The van der Waals surface area contributed by atoms with E-state index in [2.05, 4.69) is 14.8 Å². The third kappa shape index (κ3) is 3.49. The van der Waals surface area contributed by atoms with Gasteiger partial charge in [0.15, 0.2) is 5.76 Å². The van der Waals surface area contributed by atoms with Crippen LogP contribution in [0.3, 0.4) is 0 Å². The quantitative estimate of drug-likeness (QED) is 0.546. The molecule has 0 aliphatic rings. The summed E-state index contributed by atoms with van der Waals surface area (Å²) in [5.74, 6) is 0.329. The first-order valence-electron chi connectivity index (χ1n) is 7.77. The number of aromatic nitrogens is 3. The summed E-state index contributed by atoms with van der Waals surface area (Å²) in [7, 11) is -3.90. The Morgan fingerprint density at radius 1 is 1.22 bits per heavy atom. The smallest absolute Gasteiger partial charge is 0.263 e. The lowest BCUT2D eigenvalue weighted by Crippen LogP contribution is -2.15. The molecule has 0 amide bonds. The second-order valence-corrected chi connectivity index (χ2v) is 8.15. The molecule has 10 heteroatoms. The fourth-order valence-electron chi connectivity index (χ4n) is 2.43. The van der Waals surface area contributed by atoms with Crippen LogP contribution >= 0.6 is 11.3 Å². The van der Waals surface area contributed by atoms with Gasteiger partial charge in [-0.15, -0.1) is 11.3 Å². The van der Waals surface area contributed by atoms with E-state index in [-0.39, 0.29) is 10.7 Å². The van der Waals surface area contributed by atoms with Crippen LogP contribution in [-0.4, -0.2) is 23.2 Å². The zero-order valence-electron chi connectivity index (χ0n) is 14.0. The molecule has 1 aromatic carbocycles. The number of rotatable bonds is 5. The Labute approximate surface area is 158 Å². The second kappa shape index (κ2) is 6.63. The molecule has 0 saturated carbocycles. The maximum atomic E-state index is 13.1. The Balaban J connectivity index is 1.68. The number of hydrogen-bond donors (Lipinski definition) is 1. The molecule has 1 N–H and O–H groups in total. The highest BCUT2D eigenvalue weighted by molar-refractivity contribution is 7.92. The van der Waals surface area contributed by atoms with Crippen LogP contribution in [0.4, 0.5) is 10.2 Å². The van der Waals surface area contributed by atoms with Gasteiger partial charge in [0.2, 0.25) is 5.13 Å². The minimum atomic E-state index is -3.90. The van der Waals surface area contributed by atoms with Gasteiger partial charge in [0.1, 0.15) is 17.3 Å². The van der Waals surface area contributed by atoms with Gasteiger partial charge in [-0.05, 0) is 43.3 Å². The number of sulfonamides is 1. The Morgan fingerprint density at radius 3 is 2.70 bits per heavy atom. The first-order valence-corrected chi connectivity index (χ1v) is 10.1. The van der Waals surface area contributed by atoms with Crippen LogP contribution in [-0.2, 0) is 10.0 Å². The van der Waals surface area contributed by atoms with Crippen LogP contribution in [0.25, 0.3) is 16.6 Å². The third-order valence-corrected chi connectivity index (χ3v) is 5.83. The normalized spacial score (nSPS) is 11.6. The fourth-order valence-corrected chi connectivity index (χ4v) is 4.24. The number of nitrogens with one attached hydrogen (secondary N) is 1. The molecule has 4 aromatic rings. The van der Waals surface area contributed by atoms with Crippen molar-refractivity contribution < 1.29 is 17.2 Å². The predicted octanol–water partition coefficient (Wildman–Crippen LogP) is 3.84. The molecule has 0 aliphatic carbocycles. The molecule has 4 rings (SSSR count). The first kappa shape index (κ1) is 17.4. The van der Waals surface area contributed by atoms with Crippen molar-refractivity contribution in [3.05, 3.63) is 65.6 Å². The molecule has 0 bridgehead atoms. The van der Waals surface area contributed by atoms with Crippen molar-refractivity contribution in [3.8, 4) is 16.6 Å². The van der Waals surface area contributed by atoms with Gasteiger partial charge < -0.3 is 4.42 Å². The van der Waals surface area contributed by atoms with Gasteiger partial charge in [-0.2, -0.15) is 9.78 Å². The molecule has 138 valence electrons. The first-order chi connectivity index (χ1) is 12.9. The molecule has 27 heavy (non-hydrogen) atoms. The van der Waals surface area contributed by atoms with Gasteiger partial charge in [-0.25, -0.2) is 17.8 Å². The van der Waals surface area contributed by atoms with Crippen molar-refractivity contribution in [2.75, 3.05) is 4.72 Å². The van der Waals surface area contributed by atoms with E-state index < -0.39 is 15.8 Å². The van der Waals surface area contributed by atoms with Crippen LogP contribution in [0, 0.1) is 12.7 Å². The third-order valence-electron chi connectivity index (χ3n) is 3.64. The van der Waals surface area contributed by atoms with E-state index in [4.69, 9.17) is 4.42 Å². The average molecular weight is 404 g/mol. The van der Waals surface area contributed by atoms with Crippen LogP contribution in [0.2, 0.25) is 0 Å². The van der Waals surface area contributed by atoms with Crippen LogP contribution in [0.15, 0.2) is 63.4 Å². The molecule has 0 unspecified atom stereocenters. The average Bonchev–Trinajstić information content (AvgIpc) is 3.35. The molecule has 0 saturated heterocycles. The minimum absolute atomic E-state index is 0.0512. The van der Waals surface area contributed by atoms with E-state index in [0.717, 1.165) is 12.1 Å². The highest BCUT2D eigenvalue weighted by atomic mass is 32.2. The minimum Gasteiger partial charge on any atom is -0.463 e. The second-order valence-electron chi connectivity index (χ2n) is 5.63. The number of benzene rings is 1. The van der Waals surface area contributed by atoms with Gasteiger partial charge in [-0.3, -0.25) is 4.72 Å². The Kier molecular flexibility index (Phi) is 4.28. The summed E-state index contributed by atoms with van der Waals surface area (Å²) in [5, 5.41) is 6.59. The summed E-state index contributed by atoms with van der Waals surface area (Å²) < 4.78 is 47.5. The van der Waals surface area contributed by atoms with Gasteiger partial charge in [-0.1, -0.05) is 0 Å².